The molecule has 0 spiro atoms. The molecule has 2 aromatic carbocycles. The fourth-order valence-corrected chi connectivity index (χ4v) is 2.73. The molecule has 1 aliphatic rings. The fourth-order valence-electron chi connectivity index (χ4n) is 2.73. The van der Waals surface area contributed by atoms with Crippen LogP contribution in [-0.2, 0) is 0 Å². The lowest BCUT2D eigenvalue weighted by molar-refractivity contribution is -0.837. The molecule has 116 valence electrons. The molecular weight excluding hydrogens is 300 g/mol. The predicted molar refractivity (Wildman–Crippen MR) is 80.8 cm³/mol. The lowest BCUT2D eigenvalue weighted by Gasteiger charge is -2.32. The molecule has 0 unspecified atom stereocenters. The Morgan fingerprint density at radius 1 is 0.955 bits per heavy atom. The molecule has 0 aromatic heterocycles. The van der Waals surface area contributed by atoms with Gasteiger partial charge < -0.3 is 22.4 Å². The van der Waals surface area contributed by atoms with Crippen molar-refractivity contribution in [2.24, 2.45) is 0 Å². The molecule has 1 saturated heterocycles. The fraction of sp³-hybridized carbons (Fsp3) is 0.235. The summed E-state index contributed by atoms with van der Waals surface area (Å²) in [5.74, 6) is 0.399. The van der Waals surface area contributed by atoms with Crippen LogP contribution in [0.5, 0.6) is 5.75 Å². The average Bonchev–Trinajstić information content (AvgIpc) is 2.56. The van der Waals surface area contributed by atoms with Gasteiger partial charge >= 0.3 is 0 Å². The molecule has 1 fully saturated rings. The van der Waals surface area contributed by atoms with Gasteiger partial charge in [0, 0.05) is 17.7 Å². The highest BCUT2D eigenvalue weighted by atomic mass is 35.5. The van der Waals surface area contributed by atoms with Gasteiger partial charge in [-0.1, -0.05) is 18.2 Å². The first-order valence-corrected chi connectivity index (χ1v) is 7.22. The zero-order valence-electron chi connectivity index (χ0n) is 12.2. The van der Waals surface area contributed by atoms with Crippen molar-refractivity contribution in [2.75, 3.05) is 26.2 Å². The number of halogens is 1. The van der Waals surface area contributed by atoms with Crippen LogP contribution < -0.4 is 17.3 Å². The quantitative estimate of drug-likeness (QED) is 0.634. The average molecular weight is 319 g/mol. The van der Waals surface area contributed by atoms with Crippen LogP contribution in [0.4, 0.5) is 5.69 Å². The maximum absolute atomic E-state index is 12.4. The number of carbonyl (C=O) groups excluding carboxylic acids is 1. The molecule has 1 amide bonds. The number of aromatic hydroxyl groups is 1. The molecule has 3 rings (SSSR count). The van der Waals surface area contributed by atoms with Crippen molar-refractivity contribution in [1.82, 2.24) is 4.90 Å². The second kappa shape index (κ2) is 7.29. The van der Waals surface area contributed by atoms with E-state index in [4.69, 9.17) is 0 Å². The number of hydrogen-bond acceptors (Lipinski definition) is 2. The van der Waals surface area contributed by atoms with Gasteiger partial charge in [0.1, 0.15) is 11.4 Å². The summed E-state index contributed by atoms with van der Waals surface area (Å²) in [6.45, 7) is 3.29. The van der Waals surface area contributed by atoms with E-state index in [1.54, 1.807) is 12.1 Å². The predicted octanol–water partition coefficient (Wildman–Crippen LogP) is -1.93. The largest absolute Gasteiger partial charge is 1.00 e. The molecule has 1 aliphatic heterocycles. The molecule has 0 atom stereocenters. The Balaban J connectivity index is 0.00000176. The highest BCUT2D eigenvalue weighted by molar-refractivity contribution is 5.94. The Hall–Kier alpha value is -2.04. The number of rotatable bonds is 2. The Morgan fingerprint density at radius 2 is 1.55 bits per heavy atom. The number of hydrogen-bond donors (Lipinski definition) is 2. The molecule has 0 bridgehead atoms. The summed E-state index contributed by atoms with van der Waals surface area (Å²) in [6.07, 6.45) is 0. The second-order valence-corrected chi connectivity index (χ2v) is 5.31. The standard InChI is InChI=1S/C17H18N2O2.ClH/c20-16-8-6-15(7-9-16)18-10-12-19(13-11-18)17(21)14-4-2-1-3-5-14;/h1-9,20H,10-13H2;1H. The van der Waals surface area contributed by atoms with Gasteiger partial charge in [0.2, 0.25) is 0 Å². The van der Waals surface area contributed by atoms with Gasteiger partial charge in [0.25, 0.3) is 5.91 Å². The van der Waals surface area contributed by atoms with E-state index in [1.165, 1.54) is 10.6 Å². The number of nitrogens with one attached hydrogen (secondary N) is 1. The van der Waals surface area contributed by atoms with Crippen molar-refractivity contribution in [3.63, 3.8) is 0 Å². The number of piperazine rings is 1. The molecule has 1 heterocycles. The smallest absolute Gasteiger partial charge is 0.254 e. The van der Waals surface area contributed by atoms with E-state index in [1.807, 2.05) is 47.4 Å². The Bertz CT molecular complexity index is 608. The van der Waals surface area contributed by atoms with Gasteiger partial charge in [0.05, 0.1) is 26.2 Å². The van der Waals surface area contributed by atoms with Crippen molar-refractivity contribution < 1.29 is 27.2 Å². The number of nitrogens with zero attached hydrogens (tertiary/aromatic N) is 1. The summed E-state index contributed by atoms with van der Waals surface area (Å²) in [5.41, 5.74) is 1.92. The van der Waals surface area contributed by atoms with E-state index in [0.717, 1.165) is 31.7 Å². The van der Waals surface area contributed by atoms with Crippen LogP contribution in [0.15, 0.2) is 54.6 Å². The van der Waals surface area contributed by atoms with E-state index >= 15 is 0 Å². The normalized spacial score (nSPS) is 15.2. The SMILES string of the molecule is O=C(c1ccccc1)N1CC[NH+](c2ccc(O)cc2)CC1.[Cl-]. The summed E-state index contributed by atoms with van der Waals surface area (Å²) < 4.78 is 0. The summed E-state index contributed by atoms with van der Waals surface area (Å²) in [5, 5.41) is 9.33. The van der Waals surface area contributed by atoms with Gasteiger partial charge in [-0.3, -0.25) is 9.69 Å². The minimum Gasteiger partial charge on any atom is -1.00 e. The van der Waals surface area contributed by atoms with Gasteiger partial charge in [-0.15, -0.1) is 0 Å². The second-order valence-electron chi connectivity index (χ2n) is 5.31. The molecule has 22 heavy (non-hydrogen) atoms. The number of carbonyl (C=O) groups is 1. The minimum atomic E-state index is 0. The summed E-state index contributed by atoms with van der Waals surface area (Å²) in [6, 6.07) is 16.7. The number of amides is 1. The summed E-state index contributed by atoms with van der Waals surface area (Å²) in [7, 11) is 0. The zero-order chi connectivity index (χ0) is 14.7. The van der Waals surface area contributed by atoms with Crippen LogP contribution in [0.3, 0.4) is 0 Å². The van der Waals surface area contributed by atoms with Crippen molar-refractivity contribution >= 4 is 11.6 Å². The van der Waals surface area contributed by atoms with Gasteiger partial charge in [0.15, 0.2) is 0 Å². The highest BCUT2D eigenvalue weighted by Crippen LogP contribution is 2.11. The molecule has 4 nitrogen and oxygen atoms in total. The third-order valence-electron chi connectivity index (χ3n) is 3.95. The monoisotopic (exact) mass is 318 g/mol. The number of quaternary nitrogens is 1. The van der Waals surface area contributed by atoms with Crippen LogP contribution in [0, 0.1) is 0 Å². The minimum absolute atomic E-state index is 0. The van der Waals surface area contributed by atoms with Crippen LogP contribution in [0.25, 0.3) is 0 Å². The van der Waals surface area contributed by atoms with E-state index in [-0.39, 0.29) is 24.1 Å². The van der Waals surface area contributed by atoms with Crippen LogP contribution in [-0.4, -0.2) is 42.1 Å². The van der Waals surface area contributed by atoms with E-state index < -0.39 is 0 Å². The third-order valence-corrected chi connectivity index (χ3v) is 3.95. The van der Waals surface area contributed by atoms with Crippen LogP contribution in [0.1, 0.15) is 10.4 Å². The Morgan fingerprint density at radius 3 is 2.14 bits per heavy atom. The van der Waals surface area contributed by atoms with Crippen LogP contribution >= 0.6 is 0 Å². The first-order chi connectivity index (χ1) is 10.2. The Labute approximate surface area is 136 Å². The highest BCUT2D eigenvalue weighted by Gasteiger charge is 2.25. The number of phenols is 1. The molecule has 0 radical (unpaired) electrons. The topological polar surface area (TPSA) is 45.0 Å². The van der Waals surface area contributed by atoms with Crippen molar-refractivity contribution in [3.8, 4) is 5.75 Å². The summed E-state index contributed by atoms with van der Waals surface area (Å²) >= 11 is 0. The van der Waals surface area contributed by atoms with Crippen molar-refractivity contribution in [3.05, 3.63) is 60.2 Å². The molecule has 5 heteroatoms. The van der Waals surface area contributed by atoms with Crippen molar-refractivity contribution in [1.29, 1.82) is 0 Å². The van der Waals surface area contributed by atoms with E-state index in [9.17, 15) is 9.90 Å². The van der Waals surface area contributed by atoms with Crippen LogP contribution in [0.2, 0.25) is 0 Å². The Kier molecular flexibility index (Phi) is 5.41. The van der Waals surface area contributed by atoms with Gasteiger partial charge in [-0.2, -0.15) is 0 Å². The van der Waals surface area contributed by atoms with Crippen molar-refractivity contribution in [2.45, 2.75) is 0 Å². The number of phenolic OH excluding ortho intramolecular Hbond substituents is 1. The van der Waals surface area contributed by atoms with Gasteiger partial charge in [-0.05, 0) is 24.3 Å². The molecular formula is C17H19ClN2O2. The maximum atomic E-state index is 12.4. The van der Waals surface area contributed by atoms with E-state index in [0.29, 0.717) is 0 Å². The molecule has 0 saturated carbocycles. The van der Waals surface area contributed by atoms with Gasteiger partial charge in [-0.25, -0.2) is 0 Å². The summed E-state index contributed by atoms with van der Waals surface area (Å²) in [4.78, 5) is 15.6. The molecule has 2 N–H and O–H groups in total. The third kappa shape index (κ3) is 3.59. The lowest BCUT2D eigenvalue weighted by atomic mass is 10.1. The maximum Gasteiger partial charge on any atom is 0.254 e. The number of benzene rings is 2. The molecule has 0 aliphatic carbocycles. The molecule has 2 aromatic rings. The first kappa shape index (κ1) is 16.3. The lowest BCUT2D eigenvalue weighted by Crippen LogP contribution is -3.10. The zero-order valence-corrected chi connectivity index (χ0v) is 13.0. The van der Waals surface area contributed by atoms with E-state index in [2.05, 4.69) is 0 Å². The first-order valence-electron chi connectivity index (χ1n) is 7.22.